The molecule has 0 bridgehead atoms. The maximum Gasteiger partial charge on any atom is 0.197 e. The Balaban J connectivity index is 3.25. The molecule has 5 heteroatoms. The van der Waals surface area contributed by atoms with E-state index in [0.717, 1.165) is 0 Å². The van der Waals surface area contributed by atoms with Crippen molar-refractivity contribution >= 4 is 0 Å². The van der Waals surface area contributed by atoms with Crippen molar-refractivity contribution in [1.29, 1.82) is 0 Å². The van der Waals surface area contributed by atoms with Crippen molar-refractivity contribution in [2.75, 3.05) is 20.7 Å². The highest BCUT2D eigenvalue weighted by Gasteiger charge is 2.20. The molecule has 0 heterocycles. The molecule has 0 fully saturated rings. The van der Waals surface area contributed by atoms with Crippen molar-refractivity contribution in [3.63, 3.8) is 0 Å². The topological polar surface area (TPSA) is 61.7 Å². The van der Waals surface area contributed by atoms with Crippen LogP contribution in [0, 0.1) is 12.7 Å². The van der Waals surface area contributed by atoms with Gasteiger partial charge >= 0.3 is 0 Å². The first-order valence-corrected chi connectivity index (χ1v) is 4.91. The average molecular weight is 229 g/mol. The van der Waals surface area contributed by atoms with Crippen LogP contribution in [0.15, 0.2) is 6.07 Å². The van der Waals surface area contributed by atoms with Gasteiger partial charge in [-0.15, -0.1) is 0 Å². The van der Waals surface area contributed by atoms with Gasteiger partial charge in [0.25, 0.3) is 0 Å². The first kappa shape index (κ1) is 12.7. The minimum atomic E-state index is -0.974. The molecular formula is C11H16FNO3. The monoisotopic (exact) mass is 229 g/mol. The van der Waals surface area contributed by atoms with Crippen LogP contribution in [0.5, 0.6) is 11.5 Å². The van der Waals surface area contributed by atoms with Crippen molar-refractivity contribution in [3.05, 3.63) is 23.0 Å². The van der Waals surface area contributed by atoms with Gasteiger partial charge in [0.05, 0.1) is 13.2 Å². The lowest BCUT2D eigenvalue weighted by molar-refractivity contribution is 0.171. The van der Waals surface area contributed by atoms with Gasteiger partial charge in [-0.1, -0.05) is 0 Å². The van der Waals surface area contributed by atoms with E-state index in [4.69, 9.17) is 4.74 Å². The molecule has 0 saturated heterocycles. The Morgan fingerprint density at radius 2 is 2.19 bits per heavy atom. The van der Waals surface area contributed by atoms with Crippen molar-refractivity contribution in [3.8, 4) is 11.5 Å². The van der Waals surface area contributed by atoms with Gasteiger partial charge in [0.1, 0.15) is 0 Å². The number of aromatic hydroxyl groups is 1. The van der Waals surface area contributed by atoms with Gasteiger partial charge in [-0.05, 0) is 25.6 Å². The third kappa shape index (κ3) is 2.25. The number of methoxy groups -OCH3 is 1. The summed E-state index contributed by atoms with van der Waals surface area (Å²) in [5.74, 6) is -1.20. The second kappa shape index (κ2) is 5.14. The maximum atomic E-state index is 13.8. The fraction of sp³-hybridized carbons (Fsp3) is 0.455. The van der Waals surface area contributed by atoms with Crippen molar-refractivity contribution in [1.82, 2.24) is 5.32 Å². The number of hydrogen-bond acceptors (Lipinski definition) is 4. The van der Waals surface area contributed by atoms with E-state index in [2.05, 4.69) is 5.32 Å². The van der Waals surface area contributed by atoms with E-state index in [1.807, 2.05) is 0 Å². The van der Waals surface area contributed by atoms with E-state index in [1.54, 1.807) is 14.0 Å². The minimum absolute atomic E-state index is 0.113. The van der Waals surface area contributed by atoms with Gasteiger partial charge in [-0.2, -0.15) is 0 Å². The van der Waals surface area contributed by atoms with Gasteiger partial charge in [-0.3, -0.25) is 0 Å². The number of aryl methyl sites for hydroxylation is 1. The molecule has 0 aliphatic heterocycles. The molecule has 1 atom stereocenters. The predicted molar refractivity (Wildman–Crippen MR) is 58.2 cm³/mol. The molecule has 0 aliphatic carbocycles. The maximum absolute atomic E-state index is 13.8. The molecule has 4 nitrogen and oxygen atoms in total. The fourth-order valence-corrected chi connectivity index (χ4v) is 1.51. The molecule has 0 radical (unpaired) electrons. The van der Waals surface area contributed by atoms with Crippen LogP contribution < -0.4 is 10.1 Å². The molecular weight excluding hydrogens is 213 g/mol. The molecule has 0 amide bonds. The van der Waals surface area contributed by atoms with Crippen LogP contribution in [0.1, 0.15) is 17.2 Å². The third-order valence-corrected chi connectivity index (χ3v) is 2.37. The number of phenolic OH excluding ortho intramolecular Hbond substituents is 1. The van der Waals surface area contributed by atoms with Crippen LogP contribution in [0.4, 0.5) is 4.39 Å². The Bertz CT molecular complexity index is 382. The van der Waals surface area contributed by atoms with E-state index in [9.17, 15) is 14.6 Å². The quantitative estimate of drug-likeness (QED) is 0.723. The smallest absolute Gasteiger partial charge is 0.197 e. The van der Waals surface area contributed by atoms with Crippen LogP contribution in [-0.2, 0) is 0 Å². The molecule has 0 aliphatic rings. The van der Waals surface area contributed by atoms with E-state index < -0.39 is 11.9 Å². The van der Waals surface area contributed by atoms with Crippen LogP contribution in [-0.4, -0.2) is 30.9 Å². The van der Waals surface area contributed by atoms with E-state index in [-0.39, 0.29) is 23.6 Å². The number of nitrogens with one attached hydrogen (secondary N) is 1. The molecule has 0 saturated carbocycles. The first-order chi connectivity index (χ1) is 7.52. The zero-order chi connectivity index (χ0) is 12.3. The Hall–Kier alpha value is -1.33. The lowest BCUT2D eigenvalue weighted by Crippen LogP contribution is -2.18. The molecule has 1 rings (SSSR count). The Morgan fingerprint density at radius 3 is 2.69 bits per heavy atom. The Labute approximate surface area is 93.7 Å². The summed E-state index contributed by atoms with van der Waals surface area (Å²) in [6.07, 6.45) is -0.974. The van der Waals surface area contributed by atoms with Gasteiger partial charge < -0.3 is 20.3 Å². The first-order valence-electron chi connectivity index (χ1n) is 4.91. The number of benzene rings is 1. The van der Waals surface area contributed by atoms with E-state index >= 15 is 0 Å². The van der Waals surface area contributed by atoms with Crippen LogP contribution in [0.25, 0.3) is 0 Å². The van der Waals surface area contributed by atoms with Gasteiger partial charge in [0.2, 0.25) is 0 Å². The Kier molecular flexibility index (Phi) is 4.09. The summed E-state index contributed by atoms with van der Waals surface area (Å²) in [5.41, 5.74) is 0.574. The van der Waals surface area contributed by atoms with E-state index in [1.165, 1.54) is 13.2 Å². The van der Waals surface area contributed by atoms with Crippen molar-refractivity contribution in [2.45, 2.75) is 13.0 Å². The summed E-state index contributed by atoms with van der Waals surface area (Å²) in [6, 6.07) is 1.41. The molecule has 90 valence electrons. The molecule has 0 spiro atoms. The minimum Gasteiger partial charge on any atom is -0.504 e. The number of hydrogen-bond donors (Lipinski definition) is 3. The second-order valence-electron chi connectivity index (χ2n) is 3.55. The number of aliphatic hydroxyl groups is 1. The summed E-state index contributed by atoms with van der Waals surface area (Å²) in [4.78, 5) is 0. The highest BCUT2D eigenvalue weighted by molar-refractivity contribution is 5.49. The van der Waals surface area contributed by atoms with Gasteiger partial charge in [0.15, 0.2) is 17.3 Å². The number of aliphatic hydroxyl groups excluding tert-OH is 1. The van der Waals surface area contributed by atoms with Crippen molar-refractivity contribution in [2.24, 2.45) is 0 Å². The summed E-state index contributed by atoms with van der Waals surface area (Å²) < 4.78 is 18.6. The summed E-state index contributed by atoms with van der Waals surface area (Å²) >= 11 is 0. The van der Waals surface area contributed by atoms with Crippen LogP contribution in [0.3, 0.4) is 0 Å². The van der Waals surface area contributed by atoms with Crippen LogP contribution >= 0.6 is 0 Å². The summed E-state index contributed by atoms with van der Waals surface area (Å²) in [6.45, 7) is 1.84. The zero-order valence-electron chi connectivity index (χ0n) is 9.54. The summed E-state index contributed by atoms with van der Waals surface area (Å²) in [5, 5.41) is 22.0. The lowest BCUT2D eigenvalue weighted by Gasteiger charge is -2.15. The largest absolute Gasteiger partial charge is 0.504 e. The standard InChI is InChI=1S/C11H16FNO3/c1-6-4-7(8(14)5-13-2)9(12)11(16-3)10(6)15/h4,8,13-15H,5H2,1-3H3. The molecule has 1 aromatic rings. The number of rotatable bonds is 4. The predicted octanol–water partition coefficient (Wildman–Crippen LogP) is 1.10. The number of likely N-dealkylation sites (N-methyl/N-ethyl adjacent to an activating group) is 1. The number of phenols is 1. The SMILES string of the molecule is CNCC(O)c1cc(C)c(O)c(OC)c1F. The lowest BCUT2D eigenvalue weighted by atomic mass is 10.0. The normalized spacial score (nSPS) is 12.6. The molecule has 1 aromatic carbocycles. The molecule has 3 N–H and O–H groups in total. The molecule has 1 unspecified atom stereocenters. The van der Waals surface area contributed by atoms with Gasteiger partial charge in [-0.25, -0.2) is 4.39 Å². The highest BCUT2D eigenvalue weighted by atomic mass is 19.1. The third-order valence-electron chi connectivity index (χ3n) is 2.37. The number of ether oxygens (including phenoxy) is 1. The Morgan fingerprint density at radius 1 is 1.56 bits per heavy atom. The second-order valence-corrected chi connectivity index (χ2v) is 3.55. The molecule has 0 aromatic heterocycles. The highest BCUT2D eigenvalue weighted by Crippen LogP contribution is 2.36. The zero-order valence-corrected chi connectivity index (χ0v) is 9.54. The van der Waals surface area contributed by atoms with Crippen LogP contribution in [0.2, 0.25) is 0 Å². The van der Waals surface area contributed by atoms with Crippen molar-refractivity contribution < 1.29 is 19.3 Å². The van der Waals surface area contributed by atoms with E-state index in [0.29, 0.717) is 5.56 Å². The summed E-state index contributed by atoms with van der Waals surface area (Å²) in [7, 11) is 2.93. The fourth-order valence-electron chi connectivity index (χ4n) is 1.51. The molecule has 16 heavy (non-hydrogen) atoms. The number of halogens is 1. The average Bonchev–Trinajstić information content (AvgIpc) is 2.24. The van der Waals surface area contributed by atoms with Gasteiger partial charge in [0, 0.05) is 12.1 Å².